The highest BCUT2D eigenvalue weighted by Crippen LogP contribution is 2.68. The molecule has 0 radical (unpaired) electrons. The Kier molecular flexibility index (Phi) is 5.92. The van der Waals surface area contributed by atoms with Gasteiger partial charge in [-0.3, -0.25) is 0 Å². The number of aliphatic hydroxyl groups excluding tert-OH is 2. The molecule has 3 heteroatoms. The summed E-state index contributed by atoms with van der Waals surface area (Å²) < 4.78 is 0. The lowest BCUT2D eigenvalue weighted by Gasteiger charge is -2.62. The van der Waals surface area contributed by atoms with Gasteiger partial charge in [-0.25, -0.2) is 0 Å². The Morgan fingerprint density at radius 1 is 0.929 bits per heavy atom. The van der Waals surface area contributed by atoms with Crippen molar-refractivity contribution in [2.75, 3.05) is 6.54 Å². The normalized spacial score (nSPS) is 51.9. The van der Waals surface area contributed by atoms with Gasteiger partial charge in [0.05, 0.1) is 12.2 Å². The summed E-state index contributed by atoms with van der Waals surface area (Å²) in [6, 6.07) is 0. The lowest BCUT2D eigenvalue weighted by atomic mass is 9.43. The highest BCUT2D eigenvalue weighted by atomic mass is 16.3. The lowest BCUT2D eigenvalue weighted by Crippen LogP contribution is -2.58. The number of fused-ring (bicyclic) bond motifs is 5. The van der Waals surface area contributed by atoms with Crippen LogP contribution in [-0.2, 0) is 0 Å². The zero-order valence-corrected chi connectivity index (χ0v) is 18.6. The molecule has 0 bridgehead atoms. The molecule has 4 aliphatic carbocycles. The van der Waals surface area contributed by atoms with E-state index in [9.17, 15) is 10.2 Å². The maximum atomic E-state index is 11.3. The second kappa shape index (κ2) is 7.85. The first kappa shape index (κ1) is 21.1. The van der Waals surface area contributed by atoms with Crippen molar-refractivity contribution in [3.05, 3.63) is 0 Å². The van der Waals surface area contributed by atoms with Crippen molar-refractivity contribution in [3.8, 4) is 0 Å². The Bertz CT molecular complexity index is 553. The molecule has 0 aromatic heterocycles. The van der Waals surface area contributed by atoms with Gasteiger partial charge in [0.2, 0.25) is 0 Å². The largest absolute Gasteiger partial charge is 0.393 e. The Morgan fingerprint density at radius 2 is 1.64 bits per heavy atom. The van der Waals surface area contributed by atoms with Crippen LogP contribution in [0, 0.1) is 46.3 Å². The van der Waals surface area contributed by atoms with E-state index in [4.69, 9.17) is 5.73 Å². The SMILES string of the molecule is C[C@H](CCCCN)[C@H]1CC[C@H]2[C@@H]3[C@H](O)C[C@@H]4C[C@H](O)CC[C@]4(C)[C@H]3CC[C@]12C. The average molecular weight is 392 g/mol. The van der Waals surface area contributed by atoms with Gasteiger partial charge in [0, 0.05) is 0 Å². The lowest BCUT2D eigenvalue weighted by molar-refractivity contribution is -0.174. The fourth-order valence-electron chi connectivity index (χ4n) is 8.99. The van der Waals surface area contributed by atoms with Crippen molar-refractivity contribution in [1.29, 1.82) is 0 Å². The molecule has 0 aromatic rings. The predicted octanol–water partition coefficient (Wildman–Crippen LogP) is 4.74. The van der Waals surface area contributed by atoms with Crippen molar-refractivity contribution in [1.82, 2.24) is 0 Å². The van der Waals surface area contributed by atoms with Gasteiger partial charge in [-0.05, 0) is 111 Å². The number of aliphatic hydroxyl groups is 2. The summed E-state index contributed by atoms with van der Waals surface area (Å²) in [6.45, 7) is 8.40. The Balaban J connectivity index is 1.53. The van der Waals surface area contributed by atoms with Crippen LogP contribution in [0.15, 0.2) is 0 Å². The van der Waals surface area contributed by atoms with Crippen molar-refractivity contribution in [3.63, 3.8) is 0 Å². The monoisotopic (exact) mass is 391 g/mol. The van der Waals surface area contributed by atoms with Gasteiger partial charge in [-0.1, -0.05) is 33.6 Å². The maximum Gasteiger partial charge on any atom is 0.0577 e. The van der Waals surface area contributed by atoms with E-state index in [1.165, 1.54) is 38.5 Å². The van der Waals surface area contributed by atoms with E-state index < -0.39 is 0 Å². The van der Waals surface area contributed by atoms with Crippen LogP contribution in [-0.4, -0.2) is 29.0 Å². The first-order chi connectivity index (χ1) is 13.3. The third-order valence-electron chi connectivity index (χ3n) is 10.5. The molecule has 0 aliphatic heterocycles. The molecule has 0 amide bonds. The second-order valence-corrected chi connectivity index (χ2v) is 11.7. The quantitative estimate of drug-likeness (QED) is 0.593. The second-order valence-electron chi connectivity index (χ2n) is 11.7. The summed E-state index contributed by atoms with van der Waals surface area (Å²) in [6.07, 6.45) is 12.8. The molecule has 10 atom stereocenters. The minimum absolute atomic E-state index is 0.138. The van der Waals surface area contributed by atoms with Crippen LogP contribution in [0.25, 0.3) is 0 Å². The smallest absolute Gasteiger partial charge is 0.0577 e. The summed E-state index contributed by atoms with van der Waals surface area (Å²) in [5, 5.41) is 21.5. The van der Waals surface area contributed by atoms with E-state index in [0.29, 0.717) is 34.5 Å². The van der Waals surface area contributed by atoms with Gasteiger partial charge < -0.3 is 15.9 Å². The van der Waals surface area contributed by atoms with Gasteiger partial charge in [0.15, 0.2) is 0 Å². The summed E-state index contributed by atoms with van der Waals surface area (Å²) in [4.78, 5) is 0. The van der Waals surface area contributed by atoms with Gasteiger partial charge in [0.1, 0.15) is 0 Å². The third-order valence-corrected chi connectivity index (χ3v) is 10.5. The molecule has 4 rings (SSSR count). The number of hydrogen-bond donors (Lipinski definition) is 3. The minimum atomic E-state index is -0.149. The molecule has 28 heavy (non-hydrogen) atoms. The molecule has 0 heterocycles. The molecular formula is C25H45NO2. The molecule has 4 fully saturated rings. The maximum absolute atomic E-state index is 11.3. The van der Waals surface area contributed by atoms with Crippen molar-refractivity contribution in [2.24, 2.45) is 52.1 Å². The van der Waals surface area contributed by atoms with Crippen molar-refractivity contribution < 1.29 is 10.2 Å². The van der Waals surface area contributed by atoms with E-state index >= 15 is 0 Å². The minimum Gasteiger partial charge on any atom is -0.393 e. The van der Waals surface area contributed by atoms with Crippen LogP contribution in [0.2, 0.25) is 0 Å². The zero-order valence-electron chi connectivity index (χ0n) is 18.6. The summed E-state index contributed by atoms with van der Waals surface area (Å²) >= 11 is 0. The van der Waals surface area contributed by atoms with Crippen LogP contribution in [0.1, 0.15) is 91.4 Å². The van der Waals surface area contributed by atoms with E-state index in [-0.39, 0.29) is 12.2 Å². The fourth-order valence-corrected chi connectivity index (χ4v) is 8.99. The van der Waals surface area contributed by atoms with Gasteiger partial charge in [-0.15, -0.1) is 0 Å². The number of hydrogen-bond acceptors (Lipinski definition) is 3. The number of unbranched alkanes of at least 4 members (excludes halogenated alkanes) is 1. The molecule has 162 valence electrons. The van der Waals surface area contributed by atoms with E-state index in [1.807, 2.05) is 0 Å². The molecular weight excluding hydrogens is 346 g/mol. The van der Waals surface area contributed by atoms with Crippen LogP contribution < -0.4 is 5.73 Å². The molecule has 0 saturated heterocycles. The Labute approximate surface area is 172 Å². The first-order valence-corrected chi connectivity index (χ1v) is 12.4. The molecule has 0 aromatic carbocycles. The van der Waals surface area contributed by atoms with Crippen molar-refractivity contribution in [2.45, 2.75) is 104 Å². The summed E-state index contributed by atoms with van der Waals surface area (Å²) in [5.74, 6) is 3.99. The van der Waals surface area contributed by atoms with Gasteiger partial charge in [-0.2, -0.15) is 0 Å². The molecule has 0 spiro atoms. The van der Waals surface area contributed by atoms with Crippen LogP contribution in [0.3, 0.4) is 0 Å². The van der Waals surface area contributed by atoms with Gasteiger partial charge >= 0.3 is 0 Å². The Morgan fingerprint density at radius 3 is 2.39 bits per heavy atom. The summed E-state index contributed by atoms with van der Waals surface area (Å²) in [5.41, 5.74) is 6.48. The zero-order chi connectivity index (χ0) is 20.1. The fraction of sp³-hybridized carbons (Fsp3) is 1.00. The molecule has 3 nitrogen and oxygen atoms in total. The van der Waals surface area contributed by atoms with Crippen molar-refractivity contribution >= 4 is 0 Å². The van der Waals surface area contributed by atoms with E-state index in [1.54, 1.807) is 0 Å². The molecule has 4 N–H and O–H groups in total. The van der Waals surface area contributed by atoms with Crippen LogP contribution in [0.4, 0.5) is 0 Å². The highest BCUT2D eigenvalue weighted by Gasteiger charge is 2.62. The van der Waals surface area contributed by atoms with E-state index in [2.05, 4.69) is 20.8 Å². The first-order valence-electron chi connectivity index (χ1n) is 12.4. The van der Waals surface area contributed by atoms with Crippen LogP contribution >= 0.6 is 0 Å². The molecule has 4 saturated carbocycles. The summed E-state index contributed by atoms with van der Waals surface area (Å²) in [7, 11) is 0. The average Bonchev–Trinajstić information content (AvgIpc) is 3.00. The topological polar surface area (TPSA) is 66.5 Å². The molecule has 0 unspecified atom stereocenters. The third kappa shape index (κ3) is 3.28. The van der Waals surface area contributed by atoms with Crippen LogP contribution in [0.5, 0.6) is 0 Å². The standard InChI is InChI=1S/C25H45NO2/c1-16(6-4-5-13-26)19-7-8-20-23-21(10-12-25(19,20)3)24(2)11-9-18(27)14-17(24)15-22(23)28/h16-23,27-28H,4-15,26H2,1-3H3/t16-,17+,18-,19-,20+,21+,22-,23+,24+,25-/m1/s1. The van der Waals surface area contributed by atoms with Gasteiger partial charge in [0.25, 0.3) is 0 Å². The molecule has 4 aliphatic rings. The highest BCUT2D eigenvalue weighted by molar-refractivity contribution is 5.11. The number of nitrogens with two attached hydrogens (primary N) is 1. The number of rotatable bonds is 5. The Hall–Kier alpha value is -0.120. The van der Waals surface area contributed by atoms with E-state index in [0.717, 1.165) is 50.5 Å². The predicted molar refractivity (Wildman–Crippen MR) is 115 cm³/mol.